The molecule has 94 valence electrons. The molecule has 2 rings (SSSR count). The molecule has 0 bridgehead atoms. The molecule has 4 heteroatoms. The first-order valence-electron chi connectivity index (χ1n) is 6.47. The number of morpholine rings is 1. The third kappa shape index (κ3) is 3.17. The Kier molecular flexibility index (Phi) is 4.58. The van der Waals surface area contributed by atoms with Crippen molar-refractivity contribution in [2.45, 2.75) is 31.9 Å². The minimum atomic E-state index is 0.0258. The Hall–Kier alpha value is -0.160. The van der Waals surface area contributed by atoms with Crippen molar-refractivity contribution < 1.29 is 9.84 Å². The third-order valence-corrected chi connectivity index (χ3v) is 3.79. The molecule has 0 aromatic carbocycles. The zero-order chi connectivity index (χ0) is 11.4. The SMILES string of the molecule is C[C@H]1CO[C@H](CO)CN1CC1CCNCC1. The fourth-order valence-electron chi connectivity index (χ4n) is 2.64. The van der Waals surface area contributed by atoms with E-state index in [0.29, 0.717) is 6.04 Å². The molecular weight excluding hydrogens is 204 g/mol. The van der Waals surface area contributed by atoms with Crippen molar-refractivity contribution in [1.29, 1.82) is 0 Å². The first-order chi connectivity index (χ1) is 7.79. The number of hydrogen-bond donors (Lipinski definition) is 2. The number of nitrogens with one attached hydrogen (secondary N) is 1. The lowest BCUT2D eigenvalue weighted by atomic mass is 9.96. The van der Waals surface area contributed by atoms with E-state index in [1.54, 1.807) is 0 Å². The standard InChI is InChI=1S/C12H24N2O2/c1-10-9-16-12(8-15)7-14(10)6-11-2-4-13-5-3-11/h10-13,15H,2-9H2,1H3/t10-,12-/m0/s1. The summed E-state index contributed by atoms with van der Waals surface area (Å²) in [6.07, 6.45) is 2.60. The molecule has 0 aromatic heterocycles. The van der Waals surface area contributed by atoms with E-state index < -0.39 is 0 Å². The Morgan fingerprint density at radius 2 is 2.12 bits per heavy atom. The minimum Gasteiger partial charge on any atom is -0.394 e. The minimum absolute atomic E-state index is 0.0258. The molecule has 0 aromatic rings. The van der Waals surface area contributed by atoms with E-state index in [9.17, 15) is 0 Å². The number of piperidine rings is 1. The number of hydrogen-bond acceptors (Lipinski definition) is 4. The lowest BCUT2D eigenvalue weighted by Crippen LogP contribution is -2.51. The van der Waals surface area contributed by atoms with Gasteiger partial charge in [-0.15, -0.1) is 0 Å². The maximum Gasteiger partial charge on any atom is 0.0933 e. The molecule has 0 amide bonds. The van der Waals surface area contributed by atoms with Crippen LogP contribution in [0.4, 0.5) is 0 Å². The third-order valence-electron chi connectivity index (χ3n) is 3.79. The van der Waals surface area contributed by atoms with Crippen LogP contribution in [0.25, 0.3) is 0 Å². The van der Waals surface area contributed by atoms with Gasteiger partial charge in [-0.25, -0.2) is 0 Å². The summed E-state index contributed by atoms with van der Waals surface area (Å²) in [4.78, 5) is 2.49. The topological polar surface area (TPSA) is 44.7 Å². The van der Waals surface area contributed by atoms with Crippen LogP contribution in [0.2, 0.25) is 0 Å². The molecule has 2 heterocycles. The Labute approximate surface area is 98.0 Å². The van der Waals surface area contributed by atoms with Crippen molar-refractivity contribution in [3.63, 3.8) is 0 Å². The van der Waals surface area contributed by atoms with Crippen LogP contribution in [-0.2, 0) is 4.74 Å². The number of ether oxygens (including phenoxy) is 1. The summed E-state index contributed by atoms with van der Waals surface area (Å²) in [6, 6.07) is 0.498. The molecule has 2 saturated heterocycles. The van der Waals surface area contributed by atoms with Gasteiger partial charge in [0.15, 0.2) is 0 Å². The van der Waals surface area contributed by atoms with Crippen molar-refractivity contribution in [3.05, 3.63) is 0 Å². The Morgan fingerprint density at radius 3 is 2.81 bits per heavy atom. The predicted octanol–water partition coefficient (Wildman–Crippen LogP) is 0.0676. The zero-order valence-corrected chi connectivity index (χ0v) is 10.2. The fraction of sp³-hybridized carbons (Fsp3) is 1.00. The second-order valence-corrected chi connectivity index (χ2v) is 5.13. The van der Waals surface area contributed by atoms with E-state index in [1.165, 1.54) is 19.4 Å². The highest BCUT2D eigenvalue weighted by Gasteiger charge is 2.27. The smallest absolute Gasteiger partial charge is 0.0933 e. The van der Waals surface area contributed by atoms with Crippen LogP contribution in [0.15, 0.2) is 0 Å². The molecular formula is C12H24N2O2. The zero-order valence-electron chi connectivity index (χ0n) is 10.2. The first kappa shape index (κ1) is 12.3. The van der Waals surface area contributed by atoms with E-state index >= 15 is 0 Å². The Bertz CT molecular complexity index is 207. The highest BCUT2D eigenvalue weighted by atomic mass is 16.5. The quantitative estimate of drug-likeness (QED) is 0.717. The molecule has 2 fully saturated rings. The van der Waals surface area contributed by atoms with Crippen LogP contribution >= 0.6 is 0 Å². The van der Waals surface area contributed by atoms with Crippen LogP contribution in [0.1, 0.15) is 19.8 Å². The van der Waals surface area contributed by atoms with E-state index in [4.69, 9.17) is 9.84 Å². The Morgan fingerprint density at radius 1 is 1.38 bits per heavy atom. The Balaban J connectivity index is 1.81. The van der Waals surface area contributed by atoms with Gasteiger partial charge in [0.25, 0.3) is 0 Å². The van der Waals surface area contributed by atoms with Crippen molar-refractivity contribution in [2.75, 3.05) is 39.4 Å². The largest absolute Gasteiger partial charge is 0.394 e. The predicted molar refractivity (Wildman–Crippen MR) is 63.5 cm³/mol. The summed E-state index contributed by atoms with van der Waals surface area (Å²) in [5, 5.41) is 12.5. The van der Waals surface area contributed by atoms with Crippen LogP contribution in [-0.4, -0.2) is 61.5 Å². The second kappa shape index (κ2) is 5.96. The number of aliphatic hydroxyl groups excluding tert-OH is 1. The molecule has 0 spiro atoms. The summed E-state index contributed by atoms with van der Waals surface area (Å²) in [6.45, 7) is 7.50. The molecule has 2 atom stereocenters. The van der Waals surface area contributed by atoms with E-state index in [-0.39, 0.29) is 12.7 Å². The van der Waals surface area contributed by atoms with Gasteiger partial charge in [-0.05, 0) is 38.8 Å². The van der Waals surface area contributed by atoms with Gasteiger partial charge in [-0.3, -0.25) is 4.90 Å². The fourth-order valence-corrected chi connectivity index (χ4v) is 2.64. The van der Waals surface area contributed by atoms with Gasteiger partial charge >= 0.3 is 0 Å². The van der Waals surface area contributed by atoms with Gasteiger partial charge < -0.3 is 15.2 Å². The lowest BCUT2D eigenvalue weighted by Gasteiger charge is -2.40. The second-order valence-electron chi connectivity index (χ2n) is 5.13. The monoisotopic (exact) mass is 228 g/mol. The number of rotatable bonds is 3. The average Bonchev–Trinajstić information content (AvgIpc) is 2.33. The molecule has 0 radical (unpaired) electrons. The van der Waals surface area contributed by atoms with Crippen LogP contribution < -0.4 is 5.32 Å². The number of aliphatic hydroxyl groups is 1. The van der Waals surface area contributed by atoms with Gasteiger partial charge in [0.1, 0.15) is 0 Å². The normalized spacial score (nSPS) is 34.1. The van der Waals surface area contributed by atoms with Crippen LogP contribution in [0.3, 0.4) is 0 Å². The molecule has 2 N–H and O–H groups in total. The summed E-state index contributed by atoms with van der Waals surface area (Å²) in [5.74, 6) is 0.821. The van der Waals surface area contributed by atoms with Gasteiger partial charge in [-0.2, -0.15) is 0 Å². The van der Waals surface area contributed by atoms with Crippen molar-refractivity contribution in [1.82, 2.24) is 10.2 Å². The first-order valence-corrected chi connectivity index (χ1v) is 6.47. The molecule has 16 heavy (non-hydrogen) atoms. The van der Waals surface area contributed by atoms with Gasteiger partial charge in [0, 0.05) is 19.1 Å². The highest BCUT2D eigenvalue weighted by Crippen LogP contribution is 2.18. The van der Waals surface area contributed by atoms with Crippen LogP contribution in [0, 0.1) is 5.92 Å². The summed E-state index contributed by atoms with van der Waals surface area (Å²) < 4.78 is 5.55. The van der Waals surface area contributed by atoms with Gasteiger partial charge in [-0.1, -0.05) is 0 Å². The summed E-state index contributed by atoms with van der Waals surface area (Å²) >= 11 is 0. The molecule has 0 unspecified atom stereocenters. The van der Waals surface area contributed by atoms with Gasteiger partial charge in [0.2, 0.25) is 0 Å². The van der Waals surface area contributed by atoms with E-state index in [1.807, 2.05) is 0 Å². The maximum absolute atomic E-state index is 9.14. The highest BCUT2D eigenvalue weighted by molar-refractivity contribution is 4.80. The summed E-state index contributed by atoms with van der Waals surface area (Å²) in [7, 11) is 0. The summed E-state index contributed by atoms with van der Waals surface area (Å²) in [5.41, 5.74) is 0. The lowest BCUT2D eigenvalue weighted by molar-refractivity contribution is -0.0822. The van der Waals surface area contributed by atoms with Crippen molar-refractivity contribution in [3.8, 4) is 0 Å². The molecule has 2 aliphatic rings. The maximum atomic E-state index is 9.14. The molecule has 2 aliphatic heterocycles. The molecule has 0 saturated carbocycles. The average molecular weight is 228 g/mol. The molecule has 4 nitrogen and oxygen atoms in total. The van der Waals surface area contributed by atoms with Crippen molar-refractivity contribution in [2.24, 2.45) is 5.92 Å². The molecule has 0 aliphatic carbocycles. The van der Waals surface area contributed by atoms with E-state index in [2.05, 4.69) is 17.1 Å². The van der Waals surface area contributed by atoms with Gasteiger partial charge in [0.05, 0.1) is 19.3 Å². The van der Waals surface area contributed by atoms with E-state index in [0.717, 1.165) is 32.2 Å². The van der Waals surface area contributed by atoms with Crippen LogP contribution in [0.5, 0.6) is 0 Å². The van der Waals surface area contributed by atoms with Crippen molar-refractivity contribution >= 4 is 0 Å². The number of nitrogens with zero attached hydrogens (tertiary/aromatic N) is 1.